The van der Waals surface area contributed by atoms with Gasteiger partial charge in [0.05, 0.1) is 0 Å². The predicted octanol–water partition coefficient (Wildman–Crippen LogP) is 4.52. The molecule has 6 nitrogen and oxygen atoms in total. The Labute approximate surface area is 167 Å². The minimum absolute atomic E-state index is 0.0271. The molecule has 1 N–H and O–H groups in total. The molecule has 0 saturated heterocycles. The normalized spacial score (nSPS) is 11.5. The highest BCUT2D eigenvalue weighted by molar-refractivity contribution is 7.80. The smallest absolute Gasteiger partial charge is 0.410 e. The second kappa shape index (κ2) is 8.83. The van der Waals surface area contributed by atoms with E-state index in [0.29, 0.717) is 4.90 Å². The zero-order chi connectivity index (χ0) is 20.1. The summed E-state index contributed by atoms with van der Waals surface area (Å²) in [6.45, 7) is 5.52. The minimum atomic E-state index is -2.82. The number of amides is 3. The third-order valence-electron chi connectivity index (χ3n) is 2.95. The molecular formula is C16H20Cl2FN3O3S. The van der Waals surface area contributed by atoms with Gasteiger partial charge in [0.2, 0.25) is 0 Å². The fraction of sp³-hybridized carbons (Fsp3) is 0.438. The number of carbonyl (C=O) groups is 2. The Balaban J connectivity index is 2.93. The van der Waals surface area contributed by atoms with Gasteiger partial charge in [0, 0.05) is 13.6 Å². The van der Waals surface area contributed by atoms with Crippen LogP contribution in [0, 0.1) is 5.41 Å². The van der Waals surface area contributed by atoms with Crippen molar-refractivity contribution in [1.29, 1.82) is 0 Å². The molecule has 1 aromatic carbocycles. The van der Waals surface area contributed by atoms with Gasteiger partial charge in [0.1, 0.15) is 5.75 Å². The molecule has 0 atom stereocenters. The van der Waals surface area contributed by atoms with E-state index in [9.17, 15) is 14.0 Å². The molecule has 0 heterocycles. The predicted molar refractivity (Wildman–Crippen MR) is 103 cm³/mol. The van der Waals surface area contributed by atoms with Crippen LogP contribution in [0.5, 0.6) is 5.75 Å². The van der Waals surface area contributed by atoms with E-state index >= 15 is 0 Å². The summed E-state index contributed by atoms with van der Waals surface area (Å²) in [7, 11) is 1.15. The quantitative estimate of drug-likeness (QED) is 0.439. The summed E-state index contributed by atoms with van der Waals surface area (Å²) in [6, 6.07) is 7.37. The first-order valence-corrected chi connectivity index (χ1v) is 8.67. The number of thiocarbonyl (C=S) groups is 1. The Hall–Kier alpha value is -1.64. The van der Waals surface area contributed by atoms with E-state index in [0.717, 1.165) is 11.9 Å². The fourth-order valence-corrected chi connectivity index (χ4v) is 2.18. The van der Waals surface area contributed by atoms with E-state index in [2.05, 4.69) is 5.32 Å². The standard InChI is InChI=1S/C16H20Cl2FN3O3S/c1-15(2,3)10-22(14(24)25-11-8-6-5-7-9-11)12(23)20-13(26)21(4)16(17,18)19/h5-9H,10H2,1-4H3,(H,20,23,26). The summed E-state index contributed by atoms with van der Waals surface area (Å²) in [6.07, 6.45) is -0.905. The molecule has 1 rings (SSSR count). The molecular weight excluding hydrogens is 404 g/mol. The molecule has 0 aliphatic carbocycles. The number of ether oxygens (including phenoxy) is 1. The Morgan fingerprint density at radius 2 is 1.77 bits per heavy atom. The molecule has 0 unspecified atom stereocenters. The van der Waals surface area contributed by atoms with Crippen LogP contribution < -0.4 is 10.1 Å². The van der Waals surface area contributed by atoms with Crippen molar-refractivity contribution in [3.05, 3.63) is 30.3 Å². The topological polar surface area (TPSA) is 61.9 Å². The van der Waals surface area contributed by atoms with Gasteiger partial charge in [-0.3, -0.25) is 10.2 Å². The second-order valence-electron chi connectivity index (χ2n) is 6.59. The Bertz CT molecular complexity index is 663. The Morgan fingerprint density at radius 3 is 2.23 bits per heavy atom. The number of benzene rings is 1. The number of urea groups is 1. The first-order valence-electron chi connectivity index (χ1n) is 7.51. The third-order valence-corrected chi connectivity index (χ3v) is 3.83. The molecule has 144 valence electrons. The molecule has 1 aromatic rings. The van der Waals surface area contributed by atoms with Gasteiger partial charge in [0.15, 0.2) is 5.11 Å². The van der Waals surface area contributed by atoms with E-state index in [4.69, 9.17) is 40.2 Å². The number of para-hydroxylation sites is 1. The number of hydrogen-bond donors (Lipinski definition) is 1. The van der Waals surface area contributed by atoms with Crippen molar-refractivity contribution in [1.82, 2.24) is 15.1 Å². The van der Waals surface area contributed by atoms with Crippen molar-refractivity contribution in [2.24, 2.45) is 5.41 Å². The summed E-state index contributed by atoms with van der Waals surface area (Å²) >= 11 is 15.5. The summed E-state index contributed by atoms with van der Waals surface area (Å²) in [5, 5.41) is 1.82. The van der Waals surface area contributed by atoms with Gasteiger partial charge in [-0.25, -0.2) is 14.5 Å². The molecule has 0 aliphatic heterocycles. The van der Waals surface area contributed by atoms with Crippen LogP contribution in [0.4, 0.5) is 14.0 Å². The number of imide groups is 1. The monoisotopic (exact) mass is 423 g/mol. The van der Waals surface area contributed by atoms with Crippen LogP contribution in [-0.2, 0) is 0 Å². The van der Waals surface area contributed by atoms with Gasteiger partial charge < -0.3 is 4.74 Å². The van der Waals surface area contributed by atoms with E-state index in [1.807, 2.05) is 20.8 Å². The van der Waals surface area contributed by atoms with Crippen LogP contribution in [0.2, 0.25) is 0 Å². The average molecular weight is 424 g/mol. The van der Waals surface area contributed by atoms with Gasteiger partial charge in [0.25, 0.3) is 0 Å². The lowest BCUT2D eigenvalue weighted by Crippen LogP contribution is -2.54. The van der Waals surface area contributed by atoms with Crippen LogP contribution in [0.3, 0.4) is 0 Å². The molecule has 0 aliphatic rings. The highest BCUT2D eigenvalue weighted by Gasteiger charge is 2.34. The molecule has 0 bridgehead atoms. The van der Waals surface area contributed by atoms with Gasteiger partial charge in [-0.2, -0.15) is 4.39 Å². The second-order valence-corrected chi connectivity index (χ2v) is 8.17. The summed E-state index contributed by atoms with van der Waals surface area (Å²) in [4.78, 5) is 26.4. The van der Waals surface area contributed by atoms with Gasteiger partial charge in [-0.15, -0.1) is 0 Å². The largest absolute Gasteiger partial charge is 0.423 e. The fourth-order valence-electron chi connectivity index (χ4n) is 1.70. The molecule has 0 fully saturated rings. The van der Waals surface area contributed by atoms with Crippen LogP contribution in [-0.4, -0.2) is 45.3 Å². The van der Waals surface area contributed by atoms with E-state index in [1.54, 1.807) is 30.3 Å². The van der Waals surface area contributed by atoms with Crippen molar-refractivity contribution >= 4 is 52.7 Å². The first kappa shape index (κ1) is 22.4. The van der Waals surface area contributed by atoms with Gasteiger partial charge >= 0.3 is 16.8 Å². The van der Waals surface area contributed by atoms with Crippen LogP contribution >= 0.6 is 35.4 Å². The highest BCUT2D eigenvalue weighted by atomic mass is 35.5. The number of nitrogens with one attached hydrogen (secondary N) is 1. The van der Waals surface area contributed by atoms with Gasteiger partial charge in [-0.1, -0.05) is 39.0 Å². The Morgan fingerprint density at radius 1 is 1.23 bits per heavy atom. The molecule has 26 heavy (non-hydrogen) atoms. The van der Waals surface area contributed by atoms with Gasteiger partial charge in [-0.05, 0) is 53.0 Å². The van der Waals surface area contributed by atoms with E-state index in [1.165, 1.54) is 0 Å². The van der Waals surface area contributed by atoms with Crippen LogP contribution in [0.15, 0.2) is 30.3 Å². The van der Waals surface area contributed by atoms with Crippen molar-refractivity contribution < 1.29 is 18.7 Å². The maximum absolute atomic E-state index is 13.5. The molecule has 10 heteroatoms. The van der Waals surface area contributed by atoms with Crippen molar-refractivity contribution in [3.8, 4) is 5.75 Å². The Kier molecular flexibility index (Phi) is 7.61. The third kappa shape index (κ3) is 7.31. The molecule has 0 saturated carbocycles. The van der Waals surface area contributed by atoms with Crippen molar-refractivity contribution in [3.63, 3.8) is 0 Å². The van der Waals surface area contributed by atoms with Crippen molar-refractivity contribution in [2.75, 3.05) is 13.6 Å². The number of halogens is 3. The summed E-state index contributed by atoms with van der Waals surface area (Å²) in [5.41, 5.74) is -0.427. The van der Waals surface area contributed by atoms with E-state index < -0.39 is 27.4 Å². The van der Waals surface area contributed by atoms with Crippen LogP contribution in [0.1, 0.15) is 20.8 Å². The zero-order valence-corrected chi connectivity index (χ0v) is 17.1. The van der Waals surface area contributed by atoms with E-state index in [-0.39, 0.29) is 12.3 Å². The summed E-state index contributed by atoms with van der Waals surface area (Å²) in [5.74, 6) is 0.271. The molecule has 0 aromatic heterocycles. The lowest BCUT2D eigenvalue weighted by Gasteiger charge is -2.30. The first-order chi connectivity index (χ1) is 11.8. The highest BCUT2D eigenvalue weighted by Crippen LogP contribution is 2.26. The summed E-state index contributed by atoms with van der Waals surface area (Å²) < 4.78 is 15.9. The molecule has 3 amide bonds. The zero-order valence-electron chi connectivity index (χ0n) is 14.8. The number of carbonyl (C=O) groups excluding carboxylic acids is 2. The molecule has 0 spiro atoms. The van der Waals surface area contributed by atoms with Crippen molar-refractivity contribution in [2.45, 2.75) is 25.5 Å². The maximum Gasteiger partial charge on any atom is 0.423 e. The number of alkyl halides is 3. The lowest BCUT2D eigenvalue weighted by atomic mass is 9.96. The number of rotatable bonds is 3. The van der Waals surface area contributed by atoms with Crippen LogP contribution in [0.25, 0.3) is 0 Å². The minimum Gasteiger partial charge on any atom is -0.410 e. The lowest BCUT2D eigenvalue weighted by molar-refractivity contribution is 0.139. The average Bonchev–Trinajstić information content (AvgIpc) is 2.50. The number of nitrogens with zero attached hydrogens (tertiary/aromatic N) is 2. The molecule has 0 radical (unpaired) electrons. The maximum atomic E-state index is 13.5. The SMILES string of the molecule is CN(C(=S)NC(=O)N(CC(C)(C)C)C(=O)Oc1ccccc1)C(F)(Cl)Cl. The number of hydrogen-bond acceptors (Lipinski definition) is 4.